The van der Waals surface area contributed by atoms with Crippen LogP contribution in [-0.2, 0) is 6.42 Å². The van der Waals surface area contributed by atoms with Crippen molar-refractivity contribution in [2.24, 2.45) is 5.10 Å². The number of hydrogen-bond donors (Lipinski definition) is 2. The average Bonchev–Trinajstić information content (AvgIpc) is 3.19. The second-order valence-electron chi connectivity index (χ2n) is 8.21. The van der Waals surface area contributed by atoms with Gasteiger partial charge >= 0.3 is 0 Å². The fourth-order valence-electron chi connectivity index (χ4n) is 4.15. The lowest BCUT2D eigenvalue weighted by Gasteiger charge is -2.13. The Morgan fingerprint density at radius 3 is 2.65 bits per heavy atom. The predicted octanol–water partition coefficient (Wildman–Crippen LogP) is 4.56. The fourth-order valence-corrected chi connectivity index (χ4v) is 4.15. The standard InChI is InChI=1S/C26H23N5O3/c1-15-7-5-12-22(27-15)29-26(33)24-16(2)23-19(10-6-11-21(23)34-24)30-31-25(32)20-14-13-17-8-3-4-9-18(17)28-20/h3-5,7-9,12-14H,6,10-11H2,1-2H3,(H,31,32)(H,27,29,33)/b30-19+. The van der Waals surface area contributed by atoms with Crippen LogP contribution in [-0.4, -0.2) is 27.5 Å². The maximum atomic E-state index is 12.9. The van der Waals surface area contributed by atoms with Crippen molar-refractivity contribution in [3.05, 3.63) is 88.6 Å². The number of hydrogen-bond acceptors (Lipinski definition) is 6. The maximum absolute atomic E-state index is 12.9. The number of para-hydroxylation sites is 1. The Bertz CT molecular complexity index is 1450. The topological polar surface area (TPSA) is 109 Å². The van der Waals surface area contributed by atoms with Gasteiger partial charge in [0.2, 0.25) is 0 Å². The molecule has 2 amide bonds. The lowest BCUT2D eigenvalue weighted by molar-refractivity contribution is 0.0949. The number of nitrogens with zero attached hydrogens (tertiary/aromatic N) is 3. The molecule has 0 unspecified atom stereocenters. The molecule has 0 atom stereocenters. The van der Waals surface area contributed by atoms with Gasteiger partial charge in [0.1, 0.15) is 17.3 Å². The van der Waals surface area contributed by atoms with Crippen LogP contribution >= 0.6 is 0 Å². The van der Waals surface area contributed by atoms with Crippen LogP contribution in [0.5, 0.6) is 0 Å². The van der Waals surface area contributed by atoms with Crippen molar-refractivity contribution in [1.82, 2.24) is 15.4 Å². The van der Waals surface area contributed by atoms with Crippen molar-refractivity contribution >= 4 is 34.2 Å². The van der Waals surface area contributed by atoms with Crippen LogP contribution in [0.15, 0.2) is 64.1 Å². The molecule has 1 aromatic carbocycles. The van der Waals surface area contributed by atoms with E-state index in [0.717, 1.165) is 28.6 Å². The number of hydrazone groups is 1. The Balaban J connectivity index is 1.38. The van der Waals surface area contributed by atoms with Crippen LogP contribution < -0.4 is 10.7 Å². The van der Waals surface area contributed by atoms with Gasteiger partial charge in [0.05, 0.1) is 11.2 Å². The van der Waals surface area contributed by atoms with Crippen LogP contribution in [0.4, 0.5) is 5.82 Å². The molecule has 0 aliphatic heterocycles. The zero-order valence-corrected chi connectivity index (χ0v) is 18.9. The van der Waals surface area contributed by atoms with Gasteiger partial charge < -0.3 is 9.73 Å². The number of rotatable bonds is 4. The number of aromatic nitrogens is 2. The van der Waals surface area contributed by atoms with Crippen LogP contribution in [0.2, 0.25) is 0 Å². The Morgan fingerprint density at radius 2 is 1.79 bits per heavy atom. The molecule has 4 aromatic rings. The molecule has 2 N–H and O–H groups in total. The van der Waals surface area contributed by atoms with Gasteiger partial charge in [0.15, 0.2) is 5.76 Å². The second-order valence-corrected chi connectivity index (χ2v) is 8.21. The summed E-state index contributed by atoms with van der Waals surface area (Å²) in [6.07, 6.45) is 2.17. The molecule has 0 saturated carbocycles. The van der Waals surface area contributed by atoms with Crippen molar-refractivity contribution in [3.8, 4) is 0 Å². The summed E-state index contributed by atoms with van der Waals surface area (Å²) in [5, 5.41) is 8.13. The maximum Gasteiger partial charge on any atom is 0.292 e. The first-order valence-electron chi connectivity index (χ1n) is 11.1. The molecule has 170 valence electrons. The largest absolute Gasteiger partial charge is 0.455 e. The van der Waals surface area contributed by atoms with Crippen molar-refractivity contribution < 1.29 is 14.0 Å². The van der Waals surface area contributed by atoms with Gasteiger partial charge in [-0.15, -0.1) is 0 Å². The highest BCUT2D eigenvalue weighted by atomic mass is 16.4. The van der Waals surface area contributed by atoms with E-state index < -0.39 is 5.91 Å². The molecule has 0 spiro atoms. The Morgan fingerprint density at radius 1 is 0.941 bits per heavy atom. The monoisotopic (exact) mass is 453 g/mol. The van der Waals surface area contributed by atoms with Gasteiger partial charge in [-0.2, -0.15) is 5.10 Å². The van der Waals surface area contributed by atoms with Crippen molar-refractivity contribution in [3.63, 3.8) is 0 Å². The molecule has 0 radical (unpaired) electrons. The average molecular weight is 454 g/mol. The summed E-state index contributed by atoms with van der Waals surface area (Å²) in [6.45, 7) is 3.69. The van der Waals surface area contributed by atoms with Gasteiger partial charge in [-0.25, -0.2) is 15.4 Å². The summed E-state index contributed by atoms with van der Waals surface area (Å²) in [4.78, 5) is 34.3. The summed E-state index contributed by atoms with van der Waals surface area (Å²) in [5.74, 6) is 0.625. The second kappa shape index (κ2) is 8.90. The number of carbonyl (C=O) groups is 2. The van der Waals surface area contributed by atoms with Crippen molar-refractivity contribution in [1.29, 1.82) is 0 Å². The molecule has 5 rings (SSSR count). The number of benzene rings is 1. The molecular formula is C26H23N5O3. The van der Waals surface area contributed by atoms with Gasteiger partial charge in [0, 0.05) is 28.6 Å². The fraction of sp³-hybridized carbons (Fsp3) is 0.192. The van der Waals surface area contributed by atoms with E-state index in [1.54, 1.807) is 12.1 Å². The number of carbonyl (C=O) groups excluding carboxylic acids is 2. The number of aryl methyl sites for hydroxylation is 2. The van der Waals surface area contributed by atoms with E-state index in [1.807, 2.05) is 56.3 Å². The summed E-state index contributed by atoms with van der Waals surface area (Å²) >= 11 is 0. The number of amides is 2. The molecule has 34 heavy (non-hydrogen) atoms. The van der Waals surface area contributed by atoms with E-state index in [4.69, 9.17) is 4.42 Å². The summed E-state index contributed by atoms with van der Waals surface area (Å²) in [5.41, 5.74) is 6.61. The number of furan rings is 1. The highest BCUT2D eigenvalue weighted by molar-refractivity contribution is 6.09. The van der Waals surface area contributed by atoms with Crippen LogP contribution in [0.3, 0.4) is 0 Å². The van der Waals surface area contributed by atoms with Crippen molar-refractivity contribution in [2.45, 2.75) is 33.1 Å². The molecule has 3 aromatic heterocycles. The van der Waals surface area contributed by atoms with E-state index >= 15 is 0 Å². The summed E-state index contributed by atoms with van der Waals surface area (Å²) in [6, 6.07) is 16.6. The quantitative estimate of drug-likeness (QED) is 0.440. The minimum Gasteiger partial charge on any atom is -0.455 e. The zero-order chi connectivity index (χ0) is 23.7. The Labute approximate surface area is 196 Å². The van der Waals surface area contributed by atoms with Crippen LogP contribution in [0, 0.1) is 13.8 Å². The van der Waals surface area contributed by atoms with E-state index in [9.17, 15) is 9.59 Å². The highest BCUT2D eigenvalue weighted by Crippen LogP contribution is 2.30. The van der Waals surface area contributed by atoms with Gasteiger partial charge in [-0.3, -0.25) is 9.59 Å². The smallest absolute Gasteiger partial charge is 0.292 e. The van der Waals surface area contributed by atoms with E-state index in [0.29, 0.717) is 35.7 Å². The Kier molecular flexibility index (Phi) is 5.63. The lowest BCUT2D eigenvalue weighted by Crippen LogP contribution is -2.23. The van der Waals surface area contributed by atoms with Gasteiger partial charge in [-0.05, 0) is 51.0 Å². The molecule has 8 nitrogen and oxygen atoms in total. The van der Waals surface area contributed by atoms with Crippen LogP contribution in [0.25, 0.3) is 10.9 Å². The molecule has 0 fully saturated rings. The third kappa shape index (κ3) is 4.17. The summed E-state index contributed by atoms with van der Waals surface area (Å²) in [7, 11) is 0. The lowest BCUT2D eigenvalue weighted by atomic mass is 9.93. The predicted molar refractivity (Wildman–Crippen MR) is 129 cm³/mol. The molecule has 3 heterocycles. The van der Waals surface area contributed by atoms with Crippen LogP contribution in [0.1, 0.15) is 56.5 Å². The van der Waals surface area contributed by atoms with Gasteiger partial charge in [0.25, 0.3) is 11.8 Å². The number of pyridine rings is 2. The van der Waals surface area contributed by atoms with E-state index in [2.05, 4.69) is 25.8 Å². The molecule has 1 aliphatic carbocycles. The third-order valence-corrected chi connectivity index (χ3v) is 5.79. The number of fused-ring (bicyclic) bond motifs is 2. The SMILES string of the molecule is Cc1cccc(NC(=O)c2oc3c(c2C)/C(=N/NC(=O)c2ccc4ccccc4n2)CCC3)n1. The first-order chi connectivity index (χ1) is 16.5. The van der Waals surface area contributed by atoms with Gasteiger partial charge in [-0.1, -0.05) is 30.3 Å². The molecular weight excluding hydrogens is 430 g/mol. The van der Waals surface area contributed by atoms with Crippen molar-refractivity contribution in [2.75, 3.05) is 5.32 Å². The van der Waals surface area contributed by atoms with E-state index in [-0.39, 0.29) is 17.4 Å². The molecule has 1 aliphatic rings. The zero-order valence-electron chi connectivity index (χ0n) is 18.9. The summed E-state index contributed by atoms with van der Waals surface area (Å²) < 4.78 is 5.93. The Hall–Kier alpha value is -4.33. The number of anilines is 1. The first kappa shape index (κ1) is 21.5. The highest BCUT2D eigenvalue weighted by Gasteiger charge is 2.28. The van der Waals surface area contributed by atoms with E-state index in [1.165, 1.54) is 0 Å². The molecule has 8 heteroatoms. The molecule has 0 saturated heterocycles. The normalized spacial score (nSPS) is 14.1. The first-order valence-corrected chi connectivity index (χ1v) is 11.1. The minimum atomic E-state index is -0.394. The number of nitrogens with one attached hydrogen (secondary N) is 2. The minimum absolute atomic E-state index is 0.227. The third-order valence-electron chi connectivity index (χ3n) is 5.79. The molecule has 0 bridgehead atoms.